The van der Waals surface area contributed by atoms with Crippen molar-refractivity contribution < 1.29 is 21.9 Å². The second-order valence-electron chi connectivity index (χ2n) is 4.21. The standard InChI is InChI=1S/C12H21F3O2Si/c1-2-12(16)17-10-8-6-4-3-5-7-9-11-18(13,14)15/h2H,1,3-11H2. The highest BCUT2D eigenvalue weighted by atomic mass is 28.5. The van der Waals surface area contributed by atoms with Gasteiger partial charge in [0.1, 0.15) is 0 Å². The third kappa shape index (κ3) is 13.3. The molecule has 0 aromatic rings. The first-order valence-electron chi connectivity index (χ1n) is 6.31. The molecule has 0 aliphatic heterocycles. The van der Waals surface area contributed by atoms with Crippen molar-refractivity contribution in [1.29, 1.82) is 0 Å². The summed E-state index contributed by atoms with van der Waals surface area (Å²) in [6.07, 6.45) is 6.61. The number of ether oxygens (including phenoxy) is 1. The molecule has 2 nitrogen and oxygen atoms in total. The van der Waals surface area contributed by atoms with E-state index in [1.54, 1.807) is 0 Å². The van der Waals surface area contributed by atoms with Gasteiger partial charge in [0.05, 0.1) is 6.61 Å². The van der Waals surface area contributed by atoms with Gasteiger partial charge >= 0.3 is 15.0 Å². The Balaban J connectivity index is 3.12. The van der Waals surface area contributed by atoms with Crippen molar-refractivity contribution >= 4 is 15.0 Å². The fourth-order valence-corrected chi connectivity index (χ4v) is 2.19. The van der Waals surface area contributed by atoms with Crippen LogP contribution in [0.1, 0.15) is 44.9 Å². The molecule has 0 unspecified atom stereocenters. The van der Waals surface area contributed by atoms with Crippen LogP contribution < -0.4 is 0 Å². The van der Waals surface area contributed by atoms with E-state index in [1.165, 1.54) is 0 Å². The lowest BCUT2D eigenvalue weighted by atomic mass is 10.1. The van der Waals surface area contributed by atoms with Gasteiger partial charge in [0.15, 0.2) is 0 Å². The Morgan fingerprint density at radius 1 is 1.00 bits per heavy atom. The van der Waals surface area contributed by atoms with Crippen LogP contribution in [0.3, 0.4) is 0 Å². The average molecular weight is 282 g/mol. The summed E-state index contributed by atoms with van der Waals surface area (Å²) < 4.78 is 40.7. The fraction of sp³-hybridized carbons (Fsp3) is 0.750. The van der Waals surface area contributed by atoms with Crippen LogP contribution in [0.25, 0.3) is 0 Å². The number of rotatable bonds is 11. The number of carbonyl (C=O) groups is 1. The number of halogens is 3. The van der Waals surface area contributed by atoms with Gasteiger partial charge in [-0.15, -0.1) is 0 Å². The van der Waals surface area contributed by atoms with Crippen LogP contribution in [0.4, 0.5) is 12.3 Å². The van der Waals surface area contributed by atoms with Crippen LogP contribution in [0.15, 0.2) is 12.7 Å². The molecule has 0 aromatic carbocycles. The molecule has 18 heavy (non-hydrogen) atoms. The SMILES string of the molecule is C=CC(=O)OCCCCCCCCC[Si](F)(F)F. The summed E-state index contributed by atoms with van der Waals surface area (Å²) in [5.41, 5.74) is 0. The van der Waals surface area contributed by atoms with E-state index in [0.29, 0.717) is 13.0 Å². The average Bonchev–Trinajstić information content (AvgIpc) is 2.29. The van der Waals surface area contributed by atoms with Crippen molar-refractivity contribution in [2.75, 3.05) is 6.61 Å². The van der Waals surface area contributed by atoms with Crippen molar-refractivity contribution in [3.05, 3.63) is 12.7 Å². The van der Waals surface area contributed by atoms with E-state index < -0.39 is 21.1 Å². The maximum absolute atomic E-state index is 12.0. The molecular weight excluding hydrogens is 261 g/mol. The van der Waals surface area contributed by atoms with Crippen molar-refractivity contribution in [3.63, 3.8) is 0 Å². The monoisotopic (exact) mass is 282 g/mol. The van der Waals surface area contributed by atoms with Crippen molar-refractivity contribution in [1.82, 2.24) is 0 Å². The molecule has 0 heterocycles. The Labute approximate surface area is 108 Å². The third-order valence-electron chi connectivity index (χ3n) is 2.52. The Morgan fingerprint density at radius 2 is 1.50 bits per heavy atom. The molecule has 6 heteroatoms. The lowest BCUT2D eigenvalue weighted by Gasteiger charge is -2.03. The van der Waals surface area contributed by atoms with Crippen molar-refractivity contribution in [3.8, 4) is 0 Å². The van der Waals surface area contributed by atoms with Gasteiger partial charge in [-0.1, -0.05) is 38.7 Å². The first kappa shape index (κ1) is 17.2. The van der Waals surface area contributed by atoms with Crippen LogP contribution in [-0.4, -0.2) is 21.7 Å². The summed E-state index contributed by atoms with van der Waals surface area (Å²) in [6.45, 7) is 3.68. The first-order valence-corrected chi connectivity index (χ1v) is 8.16. The minimum Gasteiger partial charge on any atom is -0.463 e. The second kappa shape index (κ2) is 10.2. The molecule has 0 aromatic heterocycles. The molecule has 0 N–H and O–H groups in total. The number of hydrogen-bond acceptors (Lipinski definition) is 2. The molecule has 0 amide bonds. The van der Waals surface area contributed by atoms with Crippen LogP contribution in [-0.2, 0) is 9.53 Å². The van der Waals surface area contributed by atoms with E-state index in [1.807, 2.05) is 0 Å². The van der Waals surface area contributed by atoms with Gasteiger partial charge in [0.2, 0.25) is 0 Å². The molecule has 0 saturated heterocycles. The summed E-state index contributed by atoms with van der Waals surface area (Å²) in [5, 5.41) is 0. The molecular formula is C12H21F3O2Si. The van der Waals surface area contributed by atoms with E-state index in [2.05, 4.69) is 6.58 Å². The van der Waals surface area contributed by atoms with Gasteiger partial charge in [0.25, 0.3) is 0 Å². The molecule has 0 aliphatic carbocycles. The molecule has 0 spiro atoms. The summed E-state index contributed by atoms with van der Waals surface area (Å²) in [4.78, 5) is 10.7. The van der Waals surface area contributed by atoms with Gasteiger partial charge in [-0.3, -0.25) is 0 Å². The lowest BCUT2D eigenvalue weighted by Crippen LogP contribution is -2.13. The highest BCUT2D eigenvalue weighted by molar-refractivity contribution is 6.58. The molecule has 0 fully saturated rings. The highest BCUT2D eigenvalue weighted by Crippen LogP contribution is 2.19. The van der Waals surface area contributed by atoms with Gasteiger partial charge in [-0.25, -0.2) is 17.1 Å². The normalized spacial score (nSPS) is 11.3. The summed E-state index contributed by atoms with van der Waals surface area (Å²) >= 11 is 0. The molecule has 0 saturated carbocycles. The quantitative estimate of drug-likeness (QED) is 0.186. The minimum atomic E-state index is -5.31. The molecule has 0 bridgehead atoms. The van der Waals surface area contributed by atoms with Gasteiger partial charge in [-0.05, 0) is 12.8 Å². The Kier molecular flexibility index (Phi) is 9.73. The maximum Gasteiger partial charge on any atom is 0.616 e. The van der Waals surface area contributed by atoms with E-state index in [-0.39, 0.29) is 6.42 Å². The number of unbranched alkanes of at least 4 members (excludes halogenated alkanes) is 6. The van der Waals surface area contributed by atoms with Gasteiger partial charge in [0, 0.05) is 12.1 Å². The summed E-state index contributed by atoms with van der Waals surface area (Å²) in [7, 11) is -5.31. The zero-order valence-electron chi connectivity index (χ0n) is 10.6. The zero-order valence-corrected chi connectivity index (χ0v) is 11.6. The molecule has 0 atom stereocenters. The Hall–Kier alpha value is -0.783. The van der Waals surface area contributed by atoms with Crippen molar-refractivity contribution in [2.24, 2.45) is 0 Å². The van der Waals surface area contributed by atoms with Gasteiger partial charge < -0.3 is 4.74 Å². The minimum absolute atomic E-state index is 0.284. The Bertz CT molecular complexity index is 242. The fourth-order valence-electron chi connectivity index (χ4n) is 1.54. The van der Waals surface area contributed by atoms with E-state index in [4.69, 9.17) is 4.74 Å². The maximum atomic E-state index is 12.0. The molecule has 0 aliphatic rings. The summed E-state index contributed by atoms with van der Waals surface area (Å²) in [5.74, 6) is -0.411. The highest BCUT2D eigenvalue weighted by Gasteiger charge is 2.35. The molecule has 106 valence electrons. The predicted molar refractivity (Wildman–Crippen MR) is 67.4 cm³/mol. The smallest absolute Gasteiger partial charge is 0.463 e. The Morgan fingerprint density at radius 3 is 2.00 bits per heavy atom. The predicted octanol–water partition coefficient (Wildman–Crippen LogP) is 4.29. The van der Waals surface area contributed by atoms with Crippen molar-refractivity contribution in [2.45, 2.75) is 51.0 Å². The van der Waals surface area contributed by atoms with Crippen LogP contribution in [0.5, 0.6) is 0 Å². The summed E-state index contributed by atoms with van der Waals surface area (Å²) in [6, 6.07) is -0.537. The van der Waals surface area contributed by atoms with E-state index >= 15 is 0 Å². The van der Waals surface area contributed by atoms with Gasteiger partial charge in [-0.2, -0.15) is 0 Å². The van der Waals surface area contributed by atoms with Crippen LogP contribution in [0, 0.1) is 0 Å². The topological polar surface area (TPSA) is 26.3 Å². The molecule has 0 radical (unpaired) electrons. The third-order valence-corrected chi connectivity index (χ3v) is 3.44. The number of esters is 1. The largest absolute Gasteiger partial charge is 0.616 e. The number of hydrogen-bond donors (Lipinski definition) is 0. The first-order chi connectivity index (χ1) is 8.45. The zero-order chi connectivity index (χ0) is 13.9. The van der Waals surface area contributed by atoms with E-state index in [9.17, 15) is 17.1 Å². The van der Waals surface area contributed by atoms with Crippen LogP contribution >= 0.6 is 0 Å². The number of carbonyl (C=O) groups excluding carboxylic acids is 1. The second-order valence-corrected chi connectivity index (χ2v) is 5.94. The van der Waals surface area contributed by atoms with E-state index in [0.717, 1.165) is 38.2 Å². The molecule has 0 rings (SSSR count). The lowest BCUT2D eigenvalue weighted by molar-refractivity contribution is -0.137. The van der Waals surface area contributed by atoms with Crippen LogP contribution in [0.2, 0.25) is 6.04 Å².